The fourth-order valence-corrected chi connectivity index (χ4v) is 4.49. The van der Waals surface area contributed by atoms with Gasteiger partial charge in [0.05, 0.1) is 4.90 Å². The molecule has 0 radical (unpaired) electrons. The van der Waals surface area contributed by atoms with Gasteiger partial charge in [-0.3, -0.25) is 0 Å². The van der Waals surface area contributed by atoms with Crippen LogP contribution in [0.4, 0.5) is 0 Å². The number of piperidine rings is 1. The molecule has 0 aromatic heterocycles. The van der Waals surface area contributed by atoms with Crippen molar-refractivity contribution in [3.05, 3.63) is 65.7 Å². The molecule has 1 aliphatic heterocycles. The van der Waals surface area contributed by atoms with Crippen LogP contribution in [0.25, 0.3) is 0 Å². The molecule has 0 amide bonds. The van der Waals surface area contributed by atoms with Gasteiger partial charge in [-0.2, -0.15) is 4.31 Å². The molecular formula is C18H21NO4S. The first kappa shape index (κ1) is 17.1. The van der Waals surface area contributed by atoms with Crippen LogP contribution in [0.1, 0.15) is 17.5 Å². The Labute approximate surface area is 142 Å². The highest BCUT2D eigenvalue weighted by Crippen LogP contribution is 2.34. The highest BCUT2D eigenvalue weighted by Gasteiger charge is 2.45. The summed E-state index contributed by atoms with van der Waals surface area (Å²) in [4.78, 5) is 0.199. The number of aryl methyl sites for hydroxylation is 1. The minimum absolute atomic E-state index is 0.137. The van der Waals surface area contributed by atoms with Gasteiger partial charge in [0.15, 0.2) is 0 Å². The van der Waals surface area contributed by atoms with Gasteiger partial charge in [-0.25, -0.2) is 8.42 Å². The molecule has 1 aliphatic rings. The van der Waals surface area contributed by atoms with Crippen molar-refractivity contribution in [3.8, 4) is 0 Å². The van der Waals surface area contributed by atoms with Gasteiger partial charge in [0.25, 0.3) is 0 Å². The molecule has 2 atom stereocenters. The molecule has 3 rings (SSSR count). The van der Waals surface area contributed by atoms with E-state index in [0.29, 0.717) is 5.56 Å². The molecule has 1 saturated heterocycles. The van der Waals surface area contributed by atoms with E-state index < -0.39 is 21.7 Å². The van der Waals surface area contributed by atoms with E-state index in [1.807, 2.05) is 13.0 Å². The van der Waals surface area contributed by atoms with Gasteiger partial charge in [0.2, 0.25) is 10.0 Å². The van der Waals surface area contributed by atoms with E-state index in [2.05, 4.69) is 0 Å². The smallest absolute Gasteiger partial charge is 0.243 e. The average Bonchev–Trinajstić information content (AvgIpc) is 2.58. The molecule has 2 aromatic carbocycles. The van der Waals surface area contributed by atoms with Crippen LogP contribution in [0.2, 0.25) is 0 Å². The summed E-state index contributed by atoms with van der Waals surface area (Å²) in [6.07, 6.45) is -1.04. The largest absolute Gasteiger partial charge is 0.388 e. The molecule has 128 valence electrons. The monoisotopic (exact) mass is 347 g/mol. The lowest BCUT2D eigenvalue weighted by Crippen LogP contribution is -2.54. The van der Waals surface area contributed by atoms with Gasteiger partial charge in [-0.15, -0.1) is 0 Å². The molecule has 0 saturated carbocycles. The maximum atomic E-state index is 12.7. The number of nitrogens with zero attached hydrogens (tertiary/aromatic N) is 1. The molecule has 0 spiro atoms. The van der Waals surface area contributed by atoms with Crippen LogP contribution in [-0.4, -0.2) is 42.1 Å². The van der Waals surface area contributed by atoms with E-state index in [9.17, 15) is 18.6 Å². The van der Waals surface area contributed by atoms with Crippen LogP contribution < -0.4 is 0 Å². The summed E-state index contributed by atoms with van der Waals surface area (Å²) in [5.41, 5.74) is 0.150. The Morgan fingerprint density at radius 3 is 2.29 bits per heavy atom. The third kappa shape index (κ3) is 2.98. The SMILES string of the molecule is Cc1ccc(S(=O)(=O)N2CCC(O)(c3ccccc3)C(O)C2)cc1. The van der Waals surface area contributed by atoms with Crippen molar-refractivity contribution in [2.24, 2.45) is 0 Å². The van der Waals surface area contributed by atoms with Crippen molar-refractivity contribution in [2.45, 2.75) is 29.9 Å². The van der Waals surface area contributed by atoms with E-state index in [0.717, 1.165) is 5.56 Å². The Morgan fingerprint density at radius 1 is 1.08 bits per heavy atom. The van der Waals surface area contributed by atoms with Crippen LogP contribution in [0.5, 0.6) is 0 Å². The average molecular weight is 347 g/mol. The molecule has 2 unspecified atom stereocenters. The molecular weight excluding hydrogens is 326 g/mol. The van der Waals surface area contributed by atoms with Crippen molar-refractivity contribution in [1.82, 2.24) is 4.31 Å². The number of hydrogen-bond acceptors (Lipinski definition) is 4. The Balaban J connectivity index is 1.84. The number of aliphatic hydroxyl groups excluding tert-OH is 1. The number of sulfonamides is 1. The lowest BCUT2D eigenvalue weighted by molar-refractivity contribution is -0.112. The van der Waals surface area contributed by atoms with Gasteiger partial charge in [0, 0.05) is 13.1 Å². The summed E-state index contributed by atoms with van der Waals surface area (Å²) >= 11 is 0. The van der Waals surface area contributed by atoms with E-state index in [-0.39, 0.29) is 24.4 Å². The second kappa shape index (κ2) is 6.29. The summed E-state index contributed by atoms with van der Waals surface area (Å²) < 4.78 is 26.7. The number of rotatable bonds is 3. The number of aliphatic hydroxyl groups is 2. The third-order valence-electron chi connectivity index (χ3n) is 4.60. The Kier molecular flexibility index (Phi) is 4.48. The quantitative estimate of drug-likeness (QED) is 0.885. The molecule has 1 heterocycles. The maximum absolute atomic E-state index is 12.7. The second-order valence-electron chi connectivity index (χ2n) is 6.23. The molecule has 2 aromatic rings. The zero-order chi connectivity index (χ0) is 17.4. The molecule has 24 heavy (non-hydrogen) atoms. The Bertz CT molecular complexity index is 805. The van der Waals surface area contributed by atoms with Crippen molar-refractivity contribution >= 4 is 10.0 Å². The van der Waals surface area contributed by atoms with Gasteiger partial charge < -0.3 is 10.2 Å². The fraction of sp³-hybridized carbons (Fsp3) is 0.333. The van der Waals surface area contributed by atoms with Crippen molar-refractivity contribution < 1.29 is 18.6 Å². The van der Waals surface area contributed by atoms with Crippen molar-refractivity contribution in [3.63, 3.8) is 0 Å². The maximum Gasteiger partial charge on any atom is 0.243 e. The number of β-amino-alcohol motifs (C(OH)–C–C–N with tert-alkyl or cyclic N) is 1. The standard InChI is InChI=1S/C18H21NO4S/c1-14-7-9-16(10-8-14)24(22,23)19-12-11-18(21,17(20)13-19)15-5-3-2-4-6-15/h2-10,17,20-21H,11-13H2,1H3. The van der Waals surface area contributed by atoms with Crippen LogP contribution >= 0.6 is 0 Å². The first-order chi connectivity index (χ1) is 11.3. The zero-order valence-electron chi connectivity index (χ0n) is 13.5. The molecule has 5 nitrogen and oxygen atoms in total. The summed E-state index contributed by atoms with van der Waals surface area (Å²) in [5.74, 6) is 0. The second-order valence-corrected chi connectivity index (χ2v) is 8.17. The van der Waals surface area contributed by atoms with Gasteiger partial charge in [-0.05, 0) is 31.0 Å². The molecule has 2 N–H and O–H groups in total. The topological polar surface area (TPSA) is 77.8 Å². The van der Waals surface area contributed by atoms with E-state index >= 15 is 0 Å². The van der Waals surface area contributed by atoms with Crippen LogP contribution in [-0.2, 0) is 15.6 Å². The van der Waals surface area contributed by atoms with Crippen LogP contribution in [0.3, 0.4) is 0 Å². The van der Waals surface area contributed by atoms with Crippen LogP contribution in [0.15, 0.2) is 59.5 Å². The molecule has 0 bridgehead atoms. The predicted octanol–water partition coefficient (Wildman–Crippen LogP) is 1.64. The van der Waals surface area contributed by atoms with Crippen molar-refractivity contribution in [1.29, 1.82) is 0 Å². The van der Waals surface area contributed by atoms with Crippen LogP contribution in [0, 0.1) is 6.92 Å². The van der Waals surface area contributed by atoms with E-state index in [4.69, 9.17) is 0 Å². The van der Waals surface area contributed by atoms with Gasteiger partial charge in [0.1, 0.15) is 11.7 Å². The summed E-state index contributed by atoms with van der Waals surface area (Å²) in [6, 6.07) is 15.5. The minimum Gasteiger partial charge on any atom is -0.388 e. The van der Waals surface area contributed by atoms with E-state index in [1.54, 1.807) is 48.5 Å². The number of hydrogen-bond donors (Lipinski definition) is 2. The summed E-state index contributed by atoms with van der Waals surface area (Å²) in [7, 11) is -3.68. The first-order valence-corrected chi connectivity index (χ1v) is 9.31. The van der Waals surface area contributed by atoms with Crippen molar-refractivity contribution in [2.75, 3.05) is 13.1 Å². The highest BCUT2D eigenvalue weighted by molar-refractivity contribution is 7.89. The third-order valence-corrected chi connectivity index (χ3v) is 6.48. The normalized spacial score (nSPS) is 25.5. The summed E-state index contributed by atoms with van der Waals surface area (Å²) in [5, 5.41) is 21.3. The lowest BCUT2D eigenvalue weighted by atomic mass is 9.83. The Hall–Kier alpha value is -1.73. The zero-order valence-corrected chi connectivity index (χ0v) is 14.3. The fourth-order valence-electron chi connectivity index (χ4n) is 3.04. The predicted molar refractivity (Wildman–Crippen MR) is 90.9 cm³/mol. The van der Waals surface area contributed by atoms with Gasteiger partial charge in [-0.1, -0.05) is 48.0 Å². The van der Waals surface area contributed by atoms with E-state index in [1.165, 1.54) is 4.31 Å². The number of benzene rings is 2. The van der Waals surface area contributed by atoms with Gasteiger partial charge >= 0.3 is 0 Å². The lowest BCUT2D eigenvalue weighted by Gasteiger charge is -2.41. The minimum atomic E-state index is -3.68. The molecule has 1 fully saturated rings. The Morgan fingerprint density at radius 2 is 1.71 bits per heavy atom. The molecule has 0 aliphatic carbocycles. The first-order valence-electron chi connectivity index (χ1n) is 7.87. The summed E-state index contributed by atoms with van der Waals surface area (Å²) in [6.45, 7) is 1.90. The molecule has 6 heteroatoms. The highest BCUT2D eigenvalue weighted by atomic mass is 32.2.